The molecule has 6 nitrogen and oxygen atoms in total. The summed E-state index contributed by atoms with van der Waals surface area (Å²) in [5.41, 5.74) is 3.45. The van der Waals surface area contributed by atoms with E-state index in [1.165, 1.54) is 0 Å². The first-order chi connectivity index (χ1) is 8.54. The van der Waals surface area contributed by atoms with Crippen LogP contribution in [0, 0.1) is 16.0 Å². The summed E-state index contributed by atoms with van der Waals surface area (Å²) in [6, 6.07) is 5.50. The predicted octanol–water partition coefficient (Wildman–Crippen LogP) is 2.12. The standard InChI is InChI=1S/C12H18N4O2/c1-8-6-9(2)15(7-8)11-5-3-4-10(14-13)12(11)16(17)18/h3-5,8-9,14H,6-7,13H2,1-2H3. The van der Waals surface area contributed by atoms with Gasteiger partial charge in [-0.1, -0.05) is 13.0 Å². The third-order valence-corrected chi connectivity index (χ3v) is 3.45. The fourth-order valence-electron chi connectivity index (χ4n) is 2.71. The molecular weight excluding hydrogens is 232 g/mol. The Balaban J connectivity index is 2.47. The van der Waals surface area contributed by atoms with Gasteiger partial charge < -0.3 is 10.3 Å². The normalized spacial score (nSPS) is 23.2. The highest BCUT2D eigenvalue weighted by molar-refractivity contribution is 5.77. The number of hydrogen-bond acceptors (Lipinski definition) is 5. The number of rotatable bonds is 3. The molecule has 0 aliphatic carbocycles. The molecule has 0 amide bonds. The van der Waals surface area contributed by atoms with E-state index in [4.69, 9.17) is 5.84 Å². The highest BCUT2D eigenvalue weighted by Crippen LogP contribution is 2.39. The van der Waals surface area contributed by atoms with Crippen LogP contribution in [0.4, 0.5) is 17.1 Å². The Morgan fingerprint density at radius 1 is 1.50 bits per heavy atom. The van der Waals surface area contributed by atoms with Crippen LogP contribution in [-0.4, -0.2) is 17.5 Å². The molecule has 1 aliphatic heterocycles. The second-order valence-electron chi connectivity index (χ2n) is 4.92. The van der Waals surface area contributed by atoms with E-state index in [0.29, 0.717) is 23.3 Å². The van der Waals surface area contributed by atoms with Crippen molar-refractivity contribution >= 4 is 17.1 Å². The zero-order chi connectivity index (χ0) is 13.3. The smallest absolute Gasteiger partial charge is 0.316 e. The maximum Gasteiger partial charge on any atom is 0.316 e. The topological polar surface area (TPSA) is 84.4 Å². The lowest BCUT2D eigenvalue weighted by molar-refractivity contribution is -0.383. The Hall–Kier alpha value is -1.82. The summed E-state index contributed by atoms with van der Waals surface area (Å²) in [5, 5.41) is 11.2. The van der Waals surface area contributed by atoms with E-state index < -0.39 is 0 Å². The van der Waals surface area contributed by atoms with Crippen LogP contribution in [0.15, 0.2) is 18.2 Å². The van der Waals surface area contributed by atoms with Crippen LogP contribution in [0.2, 0.25) is 0 Å². The number of nitrogens with two attached hydrogens (primary N) is 1. The van der Waals surface area contributed by atoms with Gasteiger partial charge in [-0.3, -0.25) is 16.0 Å². The molecular formula is C12H18N4O2. The molecule has 1 aromatic carbocycles. The van der Waals surface area contributed by atoms with E-state index in [2.05, 4.69) is 24.2 Å². The van der Waals surface area contributed by atoms with Crippen molar-refractivity contribution in [1.82, 2.24) is 0 Å². The number of anilines is 2. The molecule has 3 N–H and O–H groups in total. The molecule has 2 rings (SSSR count). The first-order valence-electron chi connectivity index (χ1n) is 6.05. The zero-order valence-electron chi connectivity index (χ0n) is 10.6. The van der Waals surface area contributed by atoms with Crippen LogP contribution < -0.4 is 16.2 Å². The molecule has 1 aliphatic rings. The summed E-state index contributed by atoms with van der Waals surface area (Å²) in [5.74, 6) is 5.90. The summed E-state index contributed by atoms with van der Waals surface area (Å²) in [4.78, 5) is 12.9. The van der Waals surface area contributed by atoms with Gasteiger partial charge in [-0.05, 0) is 31.4 Å². The molecule has 0 aromatic heterocycles. The van der Waals surface area contributed by atoms with Gasteiger partial charge in [-0.15, -0.1) is 0 Å². The Bertz CT molecular complexity index is 463. The van der Waals surface area contributed by atoms with Crippen LogP contribution in [-0.2, 0) is 0 Å². The lowest BCUT2D eigenvalue weighted by atomic mass is 10.1. The van der Waals surface area contributed by atoms with E-state index in [1.54, 1.807) is 18.2 Å². The minimum atomic E-state index is -0.375. The van der Waals surface area contributed by atoms with Crippen molar-refractivity contribution in [3.63, 3.8) is 0 Å². The maximum absolute atomic E-state index is 11.2. The van der Waals surface area contributed by atoms with Crippen LogP contribution in [0.5, 0.6) is 0 Å². The third-order valence-electron chi connectivity index (χ3n) is 3.45. The highest BCUT2D eigenvalue weighted by Gasteiger charge is 2.32. The van der Waals surface area contributed by atoms with E-state index in [0.717, 1.165) is 13.0 Å². The number of hydrazine groups is 1. The van der Waals surface area contributed by atoms with Gasteiger partial charge in [0, 0.05) is 12.6 Å². The van der Waals surface area contributed by atoms with E-state index in [9.17, 15) is 10.1 Å². The van der Waals surface area contributed by atoms with Crippen molar-refractivity contribution in [3.05, 3.63) is 28.3 Å². The van der Waals surface area contributed by atoms with E-state index >= 15 is 0 Å². The number of nitrogens with one attached hydrogen (secondary N) is 1. The van der Waals surface area contributed by atoms with Gasteiger partial charge in [-0.25, -0.2) is 0 Å². The average molecular weight is 250 g/mol. The highest BCUT2D eigenvalue weighted by atomic mass is 16.6. The number of nitro groups is 1. The van der Waals surface area contributed by atoms with Crippen molar-refractivity contribution in [2.75, 3.05) is 16.9 Å². The van der Waals surface area contributed by atoms with Crippen molar-refractivity contribution < 1.29 is 4.92 Å². The molecule has 0 spiro atoms. The quantitative estimate of drug-likeness (QED) is 0.487. The number of hydrogen-bond donors (Lipinski definition) is 2. The van der Waals surface area contributed by atoms with Crippen LogP contribution in [0.1, 0.15) is 20.3 Å². The van der Waals surface area contributed by atoms with Gasteiger partial charge in [0.1, 0.15) is 11.4 Å². The summed E-state index contributed by atoms with van der Waals surface area (Å²) in [6.45, 7) is 5.10. The molecule has 2 atom stereocenters. The fraction of sp³-hybridized carbons (Fsp3) is 0.500. The third kappa shape index (κ3) is 2.11. The van der Waals surface area contributed by atoms with Crippen LogP contribution in [0.3, 0.4) is 0 Å². The van der Waals surface area contributed by atoms with Crippen molar-refractivity contribution in [1.29, 1.82) is 0 Å². The molecule has 2 unspecified atom stereocenters. The second-order valence-corrected chi connectivity index (χ2v) is 4.92. The van der Waals surface area contributed by atoms with Gasteiger partial charge >= 0.3 is 5.69 Å². The predicted molar refractivity (Wildman–Crippen MR) is 71.5 cm³/mol. The largest absolute Gasteiger partial charge is 0.363 e. The van der Waals surface area contributed by atoms with E-state index in [-0.39, 0.29) is 10.6 Å². The Morgan fingerprint density at radius 3 is 2.72 bits per heavy atom. The van der Waals surface area contributed by atoms with Gasteiger partial charge in [-0.2, -0.15) is 0 Å². The van der Waals surface area contributed by atoms with Gasteiger partial charge in [0.05, 0.1) is 4.92 Å². The Labute approximate surface area is 106 Å². The number of benzene rings is 1. The van der Waals surface area contributed by atoms with Crippen molar-refractivity contribution in [2.24, 2.45) is 11.8 Å². The molecule has 0 bridgehead atoms. The maximum atomic E-state index is 11.2. The van der Waals surface area contributed by atoms with Gasteiger partial charge in [0.25, 0.3) is 0 Å². The van der Waals surface area contributed by atoms with Crippen molar-refractivity contribution in [3.8, 4) is 0 Å². The summed E-state index contributed by atoms with van der Waals surface area (Å²) in [7, 11) is 0. The molecule has 98 valence electrons. The van der Waals surface area contributed by atoms with Crippen LogP contribution in [0.25, 0.3) is 0 Å². The molecule has 1 saturated heterocycles. The minimum absolute atomic E-state index is 0.0564. The lowest BCUT2D eigenvalue weighted by Crippen LogP contribution is -2.27. The van der Waals surface area contributed by atoms with Gasteiger partial charge in [0.2, 0.25) is 0 Å². The molecule has 0 radical (unpaired) electrons. The monoisotopic (exact) mass is 250 g/mol. The van der Waals surface area contributed by atoms with Crippen LogP contribution >= 0.6 is 0 Å². The summed E-state index contributed by atoms with van der Waals surface area (Å²) < 4.78 is 0. The Morgan fingerprint density at radius 2 is 2.22 bits per heavy atom. The van der Waals surface area contributed by atoms with E-state index in [1.807, 2.05) is 0 Å². The lowest BCUT2D eigenvalue weighted by Gasteiger charge is -2.24. The number of nitro benzene ring substituents is 1. The average Bonchev–Trinajstić information content (AvgIpc) is 2.67. The first kappa shape index (κ1) is 12.6. The zero-order valence-corrected chi connectivity index (χ0v) is 10.6. The van der Waals surface area contributed by atoms with Crippen molar-refractivity contribution in [2.45, 2.75) is 26.3 Å². The SMILES string of the molecule is CC1CC(C)N(c2cccc(NN)c2[N+](=O)[O-])C1. The molecule has 1 fully saturated rings. The fourth-order valence-corrected chi connectivity index (χ4v) is 2.71. The Kier molecular flexibility index (Phi) is 3.38. The first-order valence-corrected chi connectivity index (χ1v) is 6.05. The molecule has 1 aromatic rings. The summed E-state index contributed by atoms with van der Waals surface area (Å²) >= 11 is 0. The number of para-hydroxylation sites is 1. The van der Waals surface area contributed by atoms with Gasteiger partial charge in [0.15, 0.2) is 0 Å². The number of nitrogen functional groups attached to an aromatic ring is 1. The minimum Gasteiger partial charge on any atom is -0.363 e. The molecule has 18 heavy (non-hydrogen) atoms. The molecule has 1 heterocycles. The molecule has 6 heteroatoms. The summed E-state index contributed by atoms with van der Waals surface area (Å²) in [6.07, 6.45) is 1.05. The molecule has 0 saturated carbocycles. The second kappa shape index (κ2) is 4.81. The number of nitrogens with zero attached hydrogens (tertiary/aromatic N) is 2.